The summed E-state index contributed by atoms with van der Waals surface area (Å²) in [5, 5.41) is 18.9. The van der Waals surface area contributed by atoms with Crippen molar-refractivity contribution >= 4 is 12.6 Å². The van der Waals surface area contributed by atoms with E-state index in [1.54, 1.807) is 12.1 Å². The van der Waals surface area contributed by atoms with Crippen molar-refractivity contribution in [3.05, 3.63) is 29.8 Å². The highest BCUT2D eigenvalue weighted by Gasteiger charge is 2.37. The molecule has 0 radical (unpaired) electrons. The Labute approximate surface area is 104 Å². The van der Waals surface area contributed by atoms with Crippen molar-refractivity contribution in [2.45, 2.75) is 33.2 Å². The molecule has 0 saturated carbocycles. The van der Waals surface area contributed by atoms with Crippen molar-refractivity contribution in [2.75, 3.05) is 0 Å². The minimum Gasteiger partial charge on any atom is -0.423 e. The predicted octanol–water partition coefficient (Wildman–Crippen LogP) is 0.832. The third kappa shape index (κ3) is 2.54. The molecule has 94 valence electrons. The fourth-order valence-electron chi connectivity index (χ4n) is 2.41. The van der Waals surface area contributed by atoms with E-state index in [1.165, 1.54) is 0 Å². The van der Waals surface area contributed by atoms with Gasteiger partial charge in [0.25, 0.3) is 0 Å². The summed E-state index contributed by atoms with van der Waals surface area (Å²) in [6, 6.07) is 7.27. The second-order valence-corrected chi connectivity index (χ2v) is 5.20. The first-order valence-electron chi connectivity index (χ1n) is 6.06. The Bertz CT molecular complexity index is 369. The molecule has 0 fully saturated rings. The van der Waals surface area contributed by atoms with Gasteiger partial charge in [-0.25, -0.2) is 0 Å². The van der Waals surface area contributed by atoms with Gasteiger partial charge in [-0.15, -0.1) is 0 Å². The summed E-state index contributed by atoms with van der Waals surface area (Å²) in [5.74, 6) is 0.421. The molecule has 0 saturated heterocycles. The van der Waals surface area contributed by atoms with E-state index in [4.69, 9.17) is 5.73 Å². The quantitative estimate of drug-likeness (QED) is 0.677. The molecule has 17 heavy (non-hydrogen) atoms. The van der Waals surface area contributed by atoms with Crippen molar-refractivity contribution in [3.8, 4) is 0 Å². The van der Waals surface area contributed by atoms with Crippen molar-refractivity contribution in [2.24, 2.45) is 17.6 Å². The first-order valence-corrected chi connectivity index (χ1v) is 6.06. The van der Waals surface area contributed by atoms with Gasteiger partial charge in [0.15, 0.2) is 0 Å². The number of rotatable bonds is 4. The third-order valence-electron chi connectivity index (χ3n) is 3.62. The van der Waals surface area contributed by atoms with Crippen LogP contribution in [0.1, 0.15) is 33.3 Å². The highest BCUT2D eigenvalue weighted by molar-refractivity contribution is 6.59. The molecule has 0 aliphatic heterocycles. The monoisotopic (exact) mass is 235 g/mol. The van der Waals surface area contributed by atoms with Gasteiger partial charge in [-0.3, -0.25) is 0 Å². The molecule has 3 nitrogen and oxygen atoms in total. The zero-order valence-corrected chi connectivity index (χ0v) is 11.0. The van der Waals surface area contributed by atoms with Crippen LogP contribution in [-0.4, -0.2) is 17.2 Å². The molecular formula is C13H22BNO2. The fraction of sp³-hybridized carbons (Fsp3) is 0.538. The molecule has 0 atom stereocenters. The van der Waals surface area contributed by atoms with Crippen LogP contribution in [0.4, 0.5) is 0 Å². The third-order valence-corrected chi connectivity index (χ3v) is 3.62. The van der Waals surface area contributed by atoms with E-state index < -0.39 is 12.7 Å². The molecule has 0 amide bonds. The number of benzene rings is 1. The fourth-order valence-corrected chi connectivity index (χ4v) is 2.41. The van der Waals surface area contributed by atoms with Crippen molar-refractivity contribution in [1.82, 2.24) is 0 Å². The molecule has 4 heteroatoms. The second-order valence-electron chi connectivity index (χ2n) is 5.20. The van der Waals surface area contributed by atoms with Crippen LogP contribution in [0.3, 0.4) is 0 Å². The van der Waals surface area contributed by atoms with Gasteiger partial charge in [-0.1, -0.05) is 52.0 Å². The minimum atomic E-state index is -1.48. The van der Waals surface area contributed by atoms with Crippen LogP contribution in [0.15, 0.2) is 24.3 Å². The first-order chi connectivity index (χ1) is 7.81. The molecule has 1 aromatic rings. The number of nitrogens with two attached hydrogens (primary N) is 1. The Morgan fingerprint density at radius 1 is 1.06 bits per heavy atom. The molecule has 0 aliphatic rings. The van der Waals surface area contributed by atoms with Crippen LogP contribution < -0.4 is 11.2 Å². The van der Waals surface area contributed by atoms with E-state index in [0.29, 0.717) is 5.46 Å². The highest BCUT2D eigenvalue weighted by Crippen LogP contribution is 2.33. The van der Waals surface area contributed by atoms with Gasteiger partial charge < -0.3 is 15.8 Å². The summed E-state index contributed by atoms with van der Waals surface area (Å²) >= 11 is 0. The maximum atomic E-state index is 9.43. The van der Waals surface area contributed by atoms with Crippen LogP contribution in [-0.2, 0) is 5.54 Å². The zero-order valence-electron chi connectivity index (χ0n) is 11.0. The van der Waals surface area contributed by atoms with Crippen molar-refractivity contribution < 1.29 is 10.0 Å². The summed E-state index contributed by atoms with van der Waals surface area (Å²) in [6.45, 7) is 8.22. The molecule has 0 heterocycles. The lowest BCUT2D eigenvalue weighted by Gasteiger charge is -2.39. The summed E-state index contributed by atoms with van der Waals surface area (Å²) in [7, 11) is -1.48. The first kappa shape index (κ1) is 14.2. The molecule has 1 rings (SSSR count). The lowest BCUT2D eigenvalue weighted by atomic mass is 9.65. The topological polar surface area (TPSA) is 66.5 Å². The van der Waals surface area contributed by atoms with Gasteiger partial charge in [0.1, 0.15) is 0 Å². The minimum absolute atomic E-state index is 0.211. The molecule has 0 bridgehead atoms. The normalized spacial score (nSPS) is 12.3. The Hall–Kier alpha value is -0.835. The smallest absolute Gasteiger partial charge is 0.423 e. The average molecular weight is 235 g/mol. The highest BCUT2D eigenvalue weighted by atomic mass is 16.4. The maximum absolute atomic E-state index is 9.43. The molecule has 0 aromatic heterocycles. The van der Waals surface area contributed by atoms with Gasteiger partial charge >= 0.3 is 7.12 Å². The number of hydrogen-bond donors (Lipinski definition) is 3. The van der Waals surface area contributed by atoms with E-state index in [2.05, 4.69) is 27.7 Å². The van der Waals surface area contributed by atoms with Gasteiger partial charge in [-0.2, -0.15) is 0 Å². The van der Waals surface area contributed by atoms with Gasteiger partial charge in [0.05, 0.1) is 0 Å². The van der Waals surface area contributed by atoms with E-state index in [0.717, 1.165) is 5.56 Å². The maximum Gasteiger partial charge on any atom is 0.488 e. The van der Waals surface area contributed by atoms with Crippen LogP contribution >= 0.6 is 0 Å². The Morgan fingerprint density at radius 3 is 1.94 bits per heavy atom. The standard InChI is InChI=1S/C13H22BNO2/c1-9(2)13(15,10(3)4)11-7-5-6-8-12(11)14(16)17/h5-10,16-17H,15H2,1-4H3. The Morgan fingerprint density at radius 2 is 1.53 bits per heavy atom. The van der Waals surface area contributed by atoms with Crippen LogP contribution in [0.25, 0.3) is 0 Å². The lowest BCUT2D eigenvalue weighted by Crippen LogP contribution is -2.52. The van der Waals surface area contributed by atoms with Gasteiger partial charge in [0, 0.05) is 5.54 Å². The van der Waals surface area contributed by atoms with Crippen molar-refractivity contribution in [3.63, 3.8) is 0 Å². The molecule has 1 aromatic carbocycles. The van der Waals surface area contributed by atoms with Crippen LogP contribution in [0.2, 0.25) is 0 Å². The summed E-state index contributed by atoms with van der Waals surface area (Å²) in [5.41, 5.74) is 7.28. The van der Waals surface area contributed by atoms with E-state index in [-0.39, 0.29) is 11.8 Å². The Balaban J connectivity index is 3.39. The van der Waals surface area contributed by atoms with Crippen LogP contribution in [0.5, 0.6) is 0 Å². The van der Waals surface area contributed by atoms with E-state index in [1.807, 2.05) is 12.1 Å². The van der Waals surface area contributed by atoms with Crippen LogP contribution in [0, 0.1) is 11.8 Å². The van der Waals surface area contributed by atoms with Crippen molar-refractivity contribution in [1.29, 1.82) is 0 Å². The Kier molecular flexibility index (Phi) is 4.36. The van der Waals surface area contributed by atoms with E-state index in [9.17, 15) is 10.0 Å². The molecular weight excluding hydrogens is 213 g/mol. The largest absolute Gasteiger partial charge is 0.488 e. The van der Waals surface area contributed by atoms with Gasteiger partial charge in [0.2, 0.25) is 0 Å². The molecule has 0 aliphatic carbocycles. The predicted molar refractivity (Wildman–Crippen MR) is 71.8 cm³/mol. The summed E-state index contributed by atoms with van der Waals surface area (Å²) < 4.78 is 0. The van der Waals surface area contributed by atoms with E-state index >= 15 is 0 Å². The lowest BCUT2D eigenvalue weighted by molar-refractivity contribution is 0.228. The average Bonchev–Trinajstić information content (AvgIpc) is 2.27. The molecule has 0 unspecified atom stereocenters. The number of hydrogen-bond acceptors (Lipinski definition) is 3. The second kappa shape index (κ2) is 5.21. The molecule has 0 spiro atoms. The van der Waals surface area contributed by atoms with Gasteiger partial charge in [-0.05, 0) is 22.9 Å². The SMILES string of the molecule is CC(C)C(N)(c1ccccc1B(O)O)C(C)C. The molecule has 4 N–H and O–H groups in total. The zero-order chi connectivity index (χ0) is 13.2. The summed E-state index contributed by atoms with van der Waals surface area (Å²) in [4.78, 5) is 0. The summed E-state index contributed by atoms with van der Waals surface area (Å²) in [6.07, 6.45) is 0.